The molecule has 1 aromatic rings. The van der Waals surface area contributed by atoms with Crippen LogP contribution in [0.25, 0.3) is 0 Å². The molecule has 0 unspecified atom stereocenters. The quantitative estimate of drug-likeness (QED) is 0.582. The van der Waals surface area contributed by atoms with Crippen molar-refractivity contribution in [3.8, 4) is 5.75 Å². The monoisotopic (exact) mass is 510 g/mol. The summed E-state index contributed by atoms with van der Waals surface area (Å²) in [5, 5.41) is 0. The van der Waals surface area contributed by atoms with Crippen LogP contribution in [0.1, 0.15) is 31.2 Å². The van der Waals surface area contributed by atoms with Gasteiger partial charge in [-0.05, 0) is 57.3 Å². The summed E-state index contributed by atoms with van der Waals surface area (Å²) in [6.07, 6.45) is 7.79. The summed E-state index contributed by atoms with van der Waals surface area (Å²) in [4.78, 5) is 35.4. The number of rotatable bonds is 3. The molecule has 37 heavy (non-hydrogen) atoms. The van der Waals surface area contributed by atoms with Gasteiger partial charge in [-0.25, -0.2) is 0 Å². The van der Waals surface area contributed by atoms with Crippen LogP contribution in [0.2, 0.25) is 0 Å². The highest BCUT2D eigenvalue weighted by Crippen LogP contribution is 2.30. The largest absolute Gasteiger partial charge is 0.489 e. The number of ether oxygens (including phenoxy) is 2. The molecule has 8 nitrogen and oxygen atoms in total. The maximum Gasteiger partial charge on any atom is 0.236 e. The Morgan fingerprint density at radius 2 is 1.78 bits per heavy atom. The first-order valence-electron chi connectivity index (χ1n) is 14.0. The minimum atomic E-state index is 0.152. The second-order valence-corrected chi connectivity index (χ2v) is 11.0. The molecular formula is C29H42N4O4. The molecule has 5 rings (SSSR count). The zero-order valence-corrected chi connectivity index (χ0v) is 22.2. The van der Waals surface area contributed by atoms with Crippen LogP contribution in [0.3, 0.4) is 0 Å². The Kier molecular flexibility index (Phi) is 8.79. The van der Waals surface area contributed by atoms with Crippen LogP contribution in [0.15, 0.2) is 36.4 Å². The highest BCUT2D eigenvalue weighted by atomic mass is 16.5. The molecule has 0 N–H and O–H groups in total. The molecule has 0 radical (unpaired) electrons. The number of hydrogen-bond donors (Lipinski definition) is 0. The zero-order valence-electron chi connectivity index (χ0n) is 22.2. The van der Waals surface area contributed by atoms with Gasteiger partial charge in [0.1, 0.15) is 12.4 Å². The van der Waals surface area contributed by atoms with Crippen molar-refractivity contribution in [2.24, 2.45) is 11.8 Å². The number of morpholine rings is 1. The van der Waals surface area contributed by atoms with Crippen molar-refractivity contribution in [2.75, 3.05) is 72.7 Å². The smallest absolute Gasteiger partial charge is 0.236 e. The lowest BCUT2D eigenvalue weighted by molar-refractivity contribution is -0.138. The van der Waals surface area contributed by atoms with Crippen LogP contribution in [0.4, 0.5) is 0 Å². The van der Waals surface area contributed by atoms with E-state index in [9.17, 15) is 9.59 Å². The Hall–Kier alpha value is -2.42. The van der Waals surface area contributed by atoms with Crippen LogP contribution >= 0.6 is 0 Å². The van der Waals surface area contributed by atoms with E-state index < -0.39 is 0 Å². The topological polar surface area (TPSA) is 65.6 Å². The molecule has 2 atom stereocenters. The molecule has 202 valence electrons. The van der Waals surface area contributed by atoms with Gasteiger partial charge in [-0.15, -0.1) is 0 Å². The normalized spacial score (nSPS) is 27.0. The molecule has 0 aromatic heterocycles. The van der Waals surface area contributed by atoms with E-state index in [0.29, 0.717) is 65.0 Å². The van der Waals surface area contributed by atoms with E-state index in [-0.39, 0.29) is 23.7 Å². The Bertz CT molecular complexity index is 955. The first-order valence-corrected chi connectivity index (χ1v) is 14.0. The molecule has 0 saturated carbocycles. The van der Waals surface area contributed by atoms with Crippen molar-refractivity contribution in [3.05, 3.63) is 42.0 Å². The fourth-order valence-electron chi connectivity index (χ4n) is 6.20. The van der Waals surface area contributed by atoms with Crippen LogP contribution in [-0.2, 0) is 20.9 Å². The molecule has 0 spiro atoms. The SMILES string of the molecule is CN1CCC(N2CC(=O)N3CC[C@@H](CC(=O)N4CCOCC4)[C@@H](C=CCOc4ccccc4C2)C3)CC1. The maximum atomic E-state index is 13.7. The van der Waals surface area contributed by atoms with Crippen molar-refractivity contribution in [1.29, 1.82) is 0 Å². The fraction of sp³-hybridized carbons (Fsp3) is 0.655. The van der Waals surface area contributed by atoms with Gasteiger partial charge >= 0.3 is 0 Å². The number of hydrogen-bond acceptors (Lipinski definition) is 6. The minimum Gasteiger partial charge on any atom is -0.489 e. The first kappa shape index (κ1) is 26.2. The van der Waals surface area contributed by atoms with Crippen LogP contribution in [0.5, 0.6) is 5.75 Å². The van der Waals surface area contributed by atoms with Crippen LogP contribution in [0, 0.1) is 11.8 Å². The summed E-state index contributed by atoms with van der Waals surface area (Å²) in [7, 11) is 2.17. The summed E-state index contributed by atoms with van der Waals surface area (Å²) in [6, 6.07) is 8.60. The standard InChI is InChI=1S/C29H42N4O4/c1-30-11-9-26(10-12-30)33-21-25-5-2-3-7-27(25)37-16-4-6-24-20-32(29(35)22-33)13-8-23(24)19-28(34)31-14-17-36-18-15-31/h2-7,23-24,26H,8-22H2,1H3/t23-,24-/m0/s1. The van der Waals surface area contributed by atoms with Crippen molar-refractivity contribution >= 4 is 11.8 Å². The average molecular weight is 511 g/mol. The Morgan fingerprint density at radius 3 is 2.59 bits per heavy atom. The number of nitrogens with zero attached hydrogens (tertiary/aromatic N) is 4. The van der Waals surface area contributed by atoms with Gasteiger partial charge in [-0.2, -0.15) is 0 Å². The van der Waals surface area contributed by atoms with E-state index in [1.165, 1.54) is 0 Å². The average Bonchev–Trinajstić information content (AvgIpc) is 2.93. The summed E-state index contributed by atoms with van der Waals surface area (Å²) in [6.45, 7) is 7.73. The molecule has 8 heteroatoms. The minimum absolute atomic E-state index is 0.152. The molecular weight excluding hydrogens is 468 g/mol. The number of piperidine rings is 2. The molecule has 2 amide bonds. The zero-order chi connectivity index (χ0) is 25.6. The van der Waals surface area contributed by atoms with Gasteiger partial charge in [-0.1, -0.05) is 30.4 Å². The van der Waals surface area contributed by atoms with Crippen LogP contribution in [-0.4, -0.2) is 110 Å². The number of fused-ring (bicyclic) bond motifs is 3. The van der Waals surface area contributed by atoms with E-state index in [2.05, 4.69) is 41.1 Å². The predicted octanol–water partition coefficient (Wildman–Crippen LogP) is 2.25. The van der Waals surface area contributed by atoms with Crippen molar-refractivity contribution in [1.82, 2.24) is 19.6 Å². The van der Waals surface area contributed by atoms with Gasteiger partial charge in [-0.3, -0.25) is 14.5 Å². The van der Waals surface area contributed by atoms with Gasteiger partial charge in [0, 0.05) is 50.7 Å². The third kappa shape index (κ3) is 6.72. The van der Waals surface area contributed by atoms with Crippen molar-refractivity contribution in [3.63, 3.8) is 0 Å². The van der Waals surface area contributed by atoms with Gasteiger partial charge in [0.2, 0.25) is 11.8 Å². The van der Waals surface area contributed by atoms with Crippen molar-refractivity contribution in [2.45, 2.75) is 38.3 Å². The Balaban J connectivity index is 1.33. The highest BCUT2D eigenvalue weighted by molar-refractivity contribution is 5.79. The molecule has 4 aliphatic rings. The molecule has 0 aliphatic carbocycles. The number of amides is 2. The first-order chi connectivity index (χ1) is 18.1. The summed E-state index contributed by atoms with van der Waals surface area (Å²) in [5.74, 6) is 1.69. The molecule has 3 fully saturated rings. The number of likely N-dealkylation sites (tertiary alicyclic amines) is 1. The van der Waals surface area contributed by atoms with E-state index in [1.807, 2.05) is 21.9 Å². The summed E-state index contributed by atoms with van der Waals surface area (Å²) < 4.78 is 11.6. The van der Waals surface area contributed by atoms with Gasteiger partial charge in [0.05, 0.1) is 19.8 Å². The van der Waals surface area contributed by atoms with E-state index in [0.717, 1.165) is 50.2 Å². The number of benzene rings is 1. The second kappa shape index (κ2) is 12.4. The highest BCUT2D eigenvalue weighted by Gasteiger charge is 2.34. The number of carbonyl (C=O) groups is 2. The Labute approximate surface area is 221 Å². The summed E-state index contributed by atoms with van der Waals surface area (Å²) in [5.41, 5.74) is 1.13. The third-order valence-electron chi connectivity index (χ3n) is 8.57. The van der Waals surface area contributed by atoms with Gasteiger partial charge < -0.3 is 24.2 Å². The third-order valence-corrected chi connectivity index (χ3v) is 8.57. The fourth-order valence-corrected chi connectivity index (χ4v) is 6.20. The lowest BCUT2D eigenvalue weighted by atomic mass is 9.82. The Morgan fingerprint density at radius 1 is 1.00 bits per heavy atom. The molecule has 3 saturated heterocycles. The van der Waals surface area contributed by atoms with E-state index in [4.69, 9.17) is 9.47 Å². The van der Waals surface area contributed by atoms with Crippen molar-refractivity contribution < 1.29 is 19.1 Å². The maximum absolute atomic E-state index is 13.7. The van der Waals surface area contributed by atoms with E-state index in [1.54, 1.807) is 0 Å². The lowest BCUT2D eigenvalue weighted by Crippen LogP contribution is -2.51. The molecule has 1 aromatic carbocycles. The van der Waals surface area contributed by atoms with Crippen LogP contribution < -0.4 is 4.74 Å². The second-order valence-electron chi connectivity index (χ2n) is 11.0. The van der Waals surface area contributed by atoms with E-state index >= 15 is 0 Å². The van der Waals surface area contributed by atoms with Gasteiger partial charge in [0.25, 0.3) is 0 Å². The predicted molar refractivity (Wildman–Crippen MR) is 142 cm³/mol. The number of para-hydroxylation sites is 1. The summed E-state index contributed by atoms with van der Waals surface area (Å²) >= 11 is 0. The van der Waals surface area contributed by atoms with Gasteiger partial charge in [0.15, 0.2) is 0 Å². The molecule has 2 bridgehead atoms. The lowest BCUT2D eigenvalue weighted by Gasteiger charge is -2.41. The number of carbonyl (C=O) groups excluding carboxylic acids is 2. The molecule has 4 heterocycles. The molecule has 4 aliphatic heterocycles.